The Bertz CT molecular complexity index is 475. The second-order valence-corrected chi connectivity index (χ2v) is 4.79. The van der Waals surface area contributed by atoms with Gasteiger partial charge < -0.3 is 11.1 Å². The lowest BCUT2D eigenvalue weighted by atomic mass is 9.96. The highest BCUT2D eigenvalue weighted by molar-refractivity contribution is 5.81. The van der Waals surface area contributed by atoms with Crippen LogP contribution in [0.4, 0.5) is 5.69 Å². The molecule has 4 nitrogen and oxygen atoms in total. The molecule has 4 N–H and O–H groups in total. The Morgan fingerprint density at radius 3 is 2.94 bits per heavy atom. The van der Waals surface area contributed by atoms with E-state index in [1.165, 1.54) is 0 Å². The Kier molecular flexibility index (Phi) is 3.64. The number of aromatic nitrogens is 2. The summed E-state index contributed by atoms with van der Waals surface area (Å²) in [7, 11) is 0. The van der Waals surface area contributed by atoms with Gasteiger partial charge in [-0.1, -0.05) is 13.8 Å². The van der Waals surface area contributed by atoms with Crippen molar-refractivity contribution in [3.63, 3.8) is 0 Å². The molecule has 0 aliphatic heterocycles. The van der Waals surface area contributed by atoms with Crippen molar-refractivity contribution in [3.05, 3.63) is 24.4 Å². The van der Waals surface area contributed by atoms with Crippen molar-refractivity contribution in [2.75, 3.05) is 18.4 Å². The Morgan fingerprint density at radius 1 is 1.41 bits per heavy atom. The predicted molar refractivity (Wildman–Crippen MR) is 72.0 cm³/mol. The predicted octanol–water partition coefficient (Wildman–Crippen LogP) is 2.21. The fourth-order valence-corrected chi connectivity index (χ4v) is 1.89. The van der Waals surface area contributed by atoms with Crippen molar-refractivity contribution in [2.24, 2.45) is 17.6 Å². The van der Waals surface area contributed by atoms with Gasteiger partial charge in [-0.05, 0) is 36.6 Å². The number of aromatic amines is 1. The Labute approximate surface area is 102 Å². The Morgan fingerprint density at radius 2 is 2.24 bits per heavy atom. The molecular formula is C13H20N4. The minimum Gasteiger partial charge on any atom is -0.385 e. The lowest BCUT2D eigenvalue weighted by Crippen LogP contribution is -2.27. The molecule has 1 aromatic carbocycles. The first-order valence-electron chi connectivity index (χ1n) is 6.07. The van der Waals surface area contributed by atoms with Gasteiger partial charge in [0.25, 0.3) is 0 Å². The quantitative estimate of drug-likeness (QED) is 0.740. The average Bonchev–Trinajstić information content (AvgIpc) is 2.76. The van der Waals surface area contributed by atoms with Crippen LogP contribution in [0.1, 0.15) is 13.8 Å². The Hall–Kier alpha value is -1.55. The molecule has 1 heterocycles. The van der Waals surface area contributed by atoms with E-state index in [0.717, 1.165) is 29.7 Å². The molecule has 0 saturated heterocycles. The van der Waals surface area contributed by atoms with Crippen molar-refractivity contribution < 1.29 is 0 Å². The number of H-pyrrole nitrogens is 1. The van der Waals surface area contributed by atoms with E-state index in [1.807, 2.05) is 6.20 Å². The van der Waals surface area contributed by atoms with E-state index in [4.69, 9.17) is 5.73 Å². The van der Waals surface area contributed by atoms with Gasteiger partial charge in [0.1, 0.15) is 0 Å². The molecule has 0 radical (unpaired) electrons. The fraction of sp³-hybridized carbons (Fsp3) is 0.462. The van der Waals surface area contributed by atoms with Crippen LogP contribution in [0.3, 0.4) is 0 Å². The molecule has 0 aliphatic rings. The molecule has 0 bridgehead atoms. The van der Waals surface area contributed by atoms with E-state index in [2.05, 4.69) is 47.6 Å². The maximum atomic E-state index is 5.76. The summed E-state index contributed by atoms with van der Waals surface area (Å²) in [6.07, 6.45) is 1.83. The number of hydrogen-bond acceptors (Lipinski definition) is 3. The van der Waals surface area contributed by atoms with Gasteiger partial charge >= 0.3 is 0 Å². The Balaban J connectivity index is 2.02. The van der Waals surface area contributed by atoms with E-state index in [9.17, 15) is 0 Å². The summed E-state index contributed by atoms with van der Waals surface area (Å²) in [5.74, 6) is 1.11. The SMILES string of the molecule is CC(C)C(CN)CNc1ccc2cn[nH]c2c1. The molecule has 17 heavy (non-hydrogen) atoms. The smallest absolute Gasteiger partial charge is 0.0670 e. The molecule has 0 fully saturated rings. The molecule has 4 heteroatoms. The monoisotopic (exact) mass is 232 g/mol. The third kappa shape index (κ3) is 2.77. The van der Waals surface area contributed by atoms with Crippen LogP contribution in [0, 0.1) is 11.8 Å². The van der Waals surface area contributed by atoms with Gasteiger partial charge in [-0.3, -0.25) is 5.10 Å². The normalized spacial score (nSPS) is 13.2. The maximum absolute atomic E-state index is 5.76. The highest BCUT2D eigenvalue weighted by Gasteiger charge is 2.10. The maximum Gasteiger partial charge on any atom is 0.0670 e. The number of hydrogen-bond donors (Lipinski definition) is 3. The zero-order chi connectivity index (χ0) is 12.3. The van der Waals surface area contributed by atoms with Crippen LogP contribution in [0.25, 0.3) is 10.9 Å². The molecule has 0 saturated carbocycles. The molecule has 2 aromatic rings. The summed E-state index contributed by atoms with van der Waals surface area (Å²) in [6, 6.07) is 6.22. The third-order valence-corrected chi connectivity index (χ3v) is 3.26. The van der Waals surface area contributed by atoms with Crippen molar-refractivity contribution >= 4 is 16.6 Å². The van der Waals surface area contributed by atoms with E-state index < -0.39 is 0 Å². The molecule has 2 rings (SSSR count). The summed E-state index contributed by atoms with van der Waals surface area (Å²) in [6.45, 7) is 6.04. The highest BCUT2D eigenvalue weighted by Crippen LogP contribution is 2.17. The standard InChI is InChI=1S/C13H20N4/c1-9(2)11(6-14)7-15-12-4-3-10-8-16-17-13(10)5-12/h3-5,8-9,11,15H,6-7,14H2,1-2H3,(H,16,17). The first-order valence-corrected chi connectivity index (χ1v) is 6.07. The molecule has 1 atom stereocenters. The van der Waals surface area contributed by atoms with Gasteiger partial charge in [-0.25, -0.2) is 0 Å². The molecule has 0 amide bonds. The lowest BCUT2D eigenvalue weighted by Gasteiger charge is -2.19. The number of benzene rings is 1. The number of anilines is 1. The third-order valence-electron chi connectivity index (χ3n) is 3.26. The molecule has 92 valence electrons. The van der Waals surface area contributed by atoms with E-state index in [-0.39, 0.29) is 0 Å². The average molecular weight is 232 g/mol. The fourth-order valence-electron chi connectivity index (χ4n) is 1.89. The summed E-state index contributed by atoms with van der Waals surface area (Å²) in [4.78, 5) is 0. The summed E-state index contributed by atoms with van der Waals surface area (Å²) in [5, 5.41) is 11.5. The van der Waals surface area contributed by atoms with Gasteiger partial charge in [0, 0.05) is 17.6 Å². The second kappa shape index (κ2) is 5.19. The van der Waals surface area contributed by atoms with Crippen molar-refractivity contribution in [2.45, 2.75) is 13.8 Å². The van der Waals surface area contributed by atoms with Gasteiger partial charge in [0.15, 0.2) is 0 Å². The van der Waals surface area contributed by atoms with Crippen molar-refractivity contribution in [1.82, 2.24) is 10.2 Å². The topological polar surface area (TPSA) is 66.7 Å². The van der Waals surface area contributed by atoms with Crippen molar-refractivity contribution in [1.29, 1.82) is 0 Å². The van der Waals surface area contributed by atoms with Crippen LogP contribution in [0.2, 0.25) is 0 Å². The number of nitrogens with zero attached hydrogens (tertiary/aromatic N) is 1. The zero-order valence-electron chi connectivity index (χ0n) is 10.4. The number of fused-ring (bicyclic) bond motifs is 1. The first kappa shape index (κ1) is 11.9. The van der Waals surface area contributed by atoms with Crippen molar-refractivity contribution in [3.8, 4) is 0 Å². The van der Waals surface area contributed by atoms with E-state index in [0.29, 0.717) is 11.8 Å². The number of rotatable bonds is 5. The first-order chi connectivity index (χ1) is 8.20. The molecule has 0 spiro atoms. The minimum atomic E-state index is 0.507. The second-order valence-electron chi connectivity index (χ2n) is 4.79. The molecule has 1 aromatic heterocycles. The highest BCUT2D eigenvalue weighted by atomic mass is 15.1. The van der Waals surface area contributed by atoms with E-state index in [1.54, 1.807) is 0 Å². The van der Waals surface area contributed by atoms with Crippen LogP contribution in [0.5, 0.6) is 0 Å². The van der Waals surface area contributed by atoms with Crippen LogP contribution in [0.15, 0.2) is 24.4 Å². The summed E-state index contributed by atoms with van der Waals surface area (Å²) >= 11 is 0. The lowest BCUT2D eigenvalue weighted by molar-refractivity contribution is 0.413. The number of nitrogens with one attached hydrogen (secondary N) is 2. The van der Waals surface area contributed by atoms with Crippen LogP contribution >= 0.6 is 0 Å². The van der Waals surface area contributed by atoms with Gasteiger partial charge in [-0.15, -0.1) is 0 Å². The van der Waals surface area contributed by atoms with Gasteiger partial charge in [0.05, 0.1) is 11.7 Å². The minimum absolute atomic E-state index is 0.507. The van der Waals surface area contributed by atoms with Crippen LogP contribution in [-0.4, -0.2) is 23.3 Å². The summed E-state index contributed by atoms with van der Waals surface area (Å²) < 4.78 is 0. The van der Waals surface area contributed by atoms with E-state index >= 15 is 0 Å². The zero-order valence-corrected chi connectivity index (χ0v) is 10.4. The van der Waals surface area contributed by atoms with Gasteiger partial charge in [0.2, 0.25) is 0 Å². The summed E-state index contributed by atoms with van der Waals surface area (Å²) in [5.41, 5.74) is 7.93. The number of nitrogens with two attached hydrogens (primary N) is 1. The largest absolute Gasteiger partial charge is 0.385 e. The van der Waals surface area contributed by atoms with Gasteiger partial charge in [-0.2, -0.15) is 5.10 Å². The van der Waals surface area contributed by atoms with Crippen LogP contribution in [-0.2, 0) is 0 Å². The molecule has 1 unspecified atom stereocenters. The molecular weight excluding hydrogens is 212 g/mol. The molecule has 0 aliphatic carbocycles. The van der Waals surface area contributed by atoms with Crippen LogP contribution < -0.4 is 11.1 Å².